The van der Waals surface area contributed by atoms with Crippen LogP contribution in [0, 0.1) is 5.92 Å². The molecular weight excluding hydrogens is 540 g/mol. The number of hydrogen-bond donors (Lipinski definition) is 2. The van der Waals surface area contributed by atoms with Crippen molar-refractivity contribution in [2.24, 2.45) is 5.92 Å². The van der Waals surface area contributed by atoms with Crippen LogP contribution in [-0.2, 0) is 21.0 Å². The topological polar surface area (TPSA) is 133 Å². The van der Waals surface area contributed by atoms with Crippen molar-refractivity contribution >= 4 is 23.5 Å². The Kier molecular flexibility index (Phi) is 9.58. The van der Waals surface area contributed by atoms with Crippen molar-refractivity contribution < 1.29 is 34.1 Å². The van der Waals surface area contributed by atoms with Gasteiger partial charge in [0, 0.05) is 56.3 Å². The number of carboxylic acid groups (broad SMARTS) is 1. The zero-order chi connectivity index (χ0) is 29.6. The van der Waals surface area contributed by atoms with Gasteiger partial charge in [0.2, 0.25) is 18.6 Å². The molecule has 0 spiro atoms. The lowest BCUT2D eigenvalue weighted by molar-refractivity contribution is -0.143. The van der Waals surface area contributed by atoms with E-state index < -0.39 is 23.8 Å². The van der Waals surface area contributed by atoms with Crippen molar-refractivity contribution in [1.29, 1.82) is 0 Å². The Balaban J connectivity index is 1.43. The lowest BCUT2D eigenvalue weighted by atomic mass is 9.83. The van der Waals surface area contributed by atoms with E-state index in [1.54, 1.807) is 35.5 Å². The van der Waals surface area contributed by atoms with Crippen LogP contribution in [0.4, 0.5) is 5.69 Å². The van der Waals surface area contributed by atoms with Crippen LogP contribution in [0.2, 0.25) is 0 Å². The quantitative estimate of drug-likeness (QED) is 0.367. The number of rotatable bonds is 13. The summed E-state index contributed by atoms with van der Waals surface area (Å²) in [5, 5.41) is 20.5. The van der Waals surface area contributed by atoms with Gasteiger partial charge < -0.3 is 29.5 Å². The molecule has 3 aliphatic rings. The fourth-order valence-electron chi connectivity index (χ4n) is 6.55. The number of aromatic nitrogens is 1. The third kappa shape index (κ3) is 6.37. The maximum atomic E-state index is 13.8. The molecule has 2 amide bonds. The number of hydrogen-bond acceptors (Lipinski definition) is 8. The predicted octanol–water partition coefficient (Wildman–Crippen LogP) is 3.01. The standard InChI is InChI=1S/C31H40N4O7/c1-2-3-13-35(23-7-4-10-32-16-23)28(38)18-34-17-24(21-14-22(19-36)30-26(15-21)41-20-42-30)29(31(39)40)25(34)8-5-11-33-12-6-9-27(33)37/h4,7,10,14-16,24-25,29,36H,2-3,5-6,8-9,11-13,17-20H2,1H3,(H,39,40)/t24-,25+,29-/m1/s1. The fourth-order valence-corrected chi connectivity index (χ4v) is 6.55. The second kappa shape index (κ2) is 13.5. The van der Waals surface area contributed by atoms with Crippen LogP contribution in [0.1, 0.15) is 62.5 Å². The van der Waals surface area contributed by atoms with Gasteiger partial charge in [-0.05, 0) is 55.5 Å². The molecule has 226 valence electrons. The summed E-state index contributed by atoms with van der Waals surface area (Å²) >= 11 is 0. The average Bonchev–Trinajstić information content (AvgIpc) is 3.72. The van der Waals surface area contributed by atoms with Gasteiger partial charge in [0.05, 0.1) is 31.0 Å². The summed E-state index contributed by atoms with van der Waals surface area (Å²) in [6, 6.07) is 6.84. The van der Waals surface area contributed by atoms with E-state index in [9.17, 15) is 24.6 Å². The molecule has 2 aromatic rings. The van der Waals surface area contributed by atoms with E-state index >= 15 is 0 Å². The number of unbranched alkanes of at least 4 members (excludes halogenated alkanes) is 1. The lowest BCUT2D eigenvalue weighted by Gasteiger charge is -2.30. The number of carboxylic acids is 1. The van der Waals surface area contributed by atoms with E-state index in [1.165, 1.54) is 0 Å². The lowest BCUT2D eigenvalue weighted by Crippen LogP contribution is -2.44. The molecule has 0 bridgehead atoms. The minimum atomic E-state index is -0.935. The van der Waals surface area contributed by atoms with Gasteiger partial charge in [-0.1, -0.05) is 13.3 Å². The smallest absolute Gasteiger partial charge is 0.308 e. The molecule has 4 heterocycles. The number of ether oxygens (including phenoxy) is 2. The van der Waals surface area contributed by atoms with Crippen molar-refractivity contribution in [2.75, 3.05) is 44.4 Å². The minimum Gasteiger partial charge on any atom is -0.481 e. The van der Waals surface area contributed by atoms with E-state index in [2.05, 4.69) is 11.9 Å². The number of pyridine rings is 1. The zero-order valence-electron chi connectivity index (χ0n) is 24.1. The molecule has 2 saturated heterocycles. The number of aliphatic carboxylic acids is 1. The number of anilines is 1. The van der Waals surface area contributed by atoms with Crippen molar-refractivity contribution in [1.82, 2.24) is 14.8 Å². The highest BCUT2D eigenvalue weighted by molar-refractivity contribution is 5.94. The Morgan fingerprint density at radius 3 is 2.76 bits per heavy atom. The SMILES string of the molecule is CCCCN(C(=O)CN1C[C@H](c2cc(CO)c3c(c2)OCO3)[C@@H](C(=O)O)[C@@H]1CCCN1CCCC1=O)c1cccnc1. The molecule has 0 unspecified atom stereocenters. The number of nitrogens with zero attached hydrogens (tertiary/aromatic N) is 4. The van der Waals surface area contributed by atoms with Crippen LogP contribution >= 0.6 is 0 Å². The van der Waals surface area contributed by atoms with E-state index in [-0.39, 0.29) is 31.8 Å². The first-order valence-corrected chi connectivity index (χ1v) is 14.9. The summed E-state index contributed by atoms with van der Waals surface area (Å²) in [4.78, 5) is 48.7. The second-order valence-electron chi connectivity index (χ2n) is 11.3. The maximum absolute atomic E-state index is 13.8. The van der Waals surface area contributed by atoms with E-state index in [4.69, 9.17) is 9.47 Å². The molecule has 2 N–H and O–H groups in total. The highest BCUT2D eigenvalue weighted by Gasteiger charge is 2.47. The van der Waals surface area contributed by atoms with Crippen molar-refractivity contribution in [2.45, 2.75) is 64.0 Å². The summed E-state index contributed by atoms with van der Waals surface area (Å²) in [6.45, 7) is 4.11. The van der Waals surface area contributed by atoms with Gasteiger partial charge in [-0.25, -0.2) is 0 Å². The molecule has 11 nitrogen and oxygen atoms in total. The van der Waals surface area contributed by atoms with Crippen LogP contribution in [-0.4, -0.2) is 88.3 Å². The van der Waals surface area contributed by atoms with Gasteiger partial charge in [-0.2, -0.15) is 0 Å². The number of aliphatic hydroxyl groups excluding tert-OH is 1. The van der Waals surface area contributed by atoms with E-state index in [0.717, 1.165) is 31.4 Å². The molecule has 2 fully saturated rings. The van der Waals surface area contributed by atoms with Crippen molar-refractivity contribution in [3.63, 3.8) is 0 Å². The molecule has 3 atom stereocenters. The van der Waals surface area contributed by atoms with Crippen LogP contribution < -0.4 is 14.4 Å². The molecule has 0 saturated carbocycles. The van der Waals surface area contributed by atoms with Crippen molar-refractivity contribution in [3.05, 3.63) is 47.8 Å². The number of likely N-dealkylation sites (tertiary alicyclic amines) is 2. The number of carbonyl (C=O) groups is 3. The molecule has 0 radical (unpaired) electrons. The largest absolute Gasteiger partial charge is 0.481 e. The zero-order valence-corrected chi connectivity index (χ0v) is 24.1. The van der Waals surface area contributed by atoms with Crippen LogP contribution in [0.25, 0.3) is 0 Å². The average molecular weight is 581 g/mol. The van der Waals surface area contributed by atoms with Gasteiger partial charge in [0.25, 0.3) is 0 Å². The summed E-state index contributed by atoms with van der Waals surface area (Å²) in [5.41, 5.74) is 2.00. The van der Waals surface area contributed by atoms with Gasteiger partial charge in [0.15, 0.2) is 11.5 Å². The summed E-state index contributed by atoms with van der Waals surface area (Å²) in [7, 11) is 0. The molecule has 1 aromatic carbocycles. The normalized spacial score (nSPS) is 21.7. The molecule has 0 aliphatic carbocycles. The van der Waals surface area contributed by atoms with Crippen LogP contribution in [0.3, 0.4) is 0 Å². The molecule has 42 heavy (non-hydrogen) atoms. The number of aliphatic hydroxyl groups is 1. The molecule has 3 aliphatic heterocycles. The van der Waals surface area contributed by atoms with Crippen LogP contribution in [0.15, 0.2) is 36.7 Å². The first kappa shape index (κ1) is 29.8. The summed E-state index contributed by atoms with van der Waals surface area (Å²) < 4.78 is 11.1. The second-order valence-corrected chi connectivity index (χ2v) is 11.3. The first-order chi connectivity index (χ1) is 20.4. The van der Waals surface area contributed by atoms with Gasteiger partial charge in [-0.15, -0.1) is 0 Å². The van der Waals surface area contributed by atoms with Gasteiger partial charge in [0.1, 0.15) is 0 Å². The first-order valence-electron chi connectivity index (χ1n) is 14.9. The summed E-state index contributed by atoms with van der Waals surface area (Å²) in [5.74, 6) is -1.16. The number of fused-ring (bicyclic) bond motifs is 1. The Labute approximate surface area is 246 Å². The summed E-state index contributed by atoms with van der Waals surface area (Å²) in [6.07, 6.45) is 7.68. The maximum Gasteiger partial charge on any atom is 0.308 e. The molecule has 5 rings (SSSR count). The number of carbonyl (C=O) groups excluding carboxylic acids is 2. The Morgan fingerprint density at radius 2 is 2.07 bits per heavy atom. The fraction of sp³-hybridized carbons (Fsp3) is 0.548. The highest BCUT2D eigenvalue weighted by Crippen LogP contribution is 2.44. The Hall–Kier alpha value is -3.70. The highest BCUT2D eigenvalue weighted by atomic mass is 16.7. The van der Waals surface area contributed by atoms with E-state index in [0.29, 0.717) is 61.6 Å². The minimum absolute atomic E-state index is 0.0409. The molecule has 1 aromatic heterocycles. The monoisotopic (exact) mass is 580 g/mol. The predicted molar refractivity (Wildman–Crippen MR) is 154 cm³/mol. The van der Waals surface area contributed by atoms with Gasteiger partial charge in [-0.3, -0.25) is 24.3 Å². The number of benzene rings is 1. The molecular formula is C31H40N4O7. The third-order valence-electron chi connectivity index (χ3n) is 8.64. The van der Waals surface area contributed by atoms with Gasteiger partial charge >= 0.3 is 5.97 Å². The Bertz CT molecular complexity index is 1270. The Morgan fingerprint density at radius 1 is 1.21 bits per heavy atom. The van der Waals surface area contributed by atoms with Crippen LogP contribution in [0.5, 0.6) is 11.5 Å². The van der Waals surface area contributed by atoms with E-state index in [1.807, 2.05) is 15.9 Å². The molecule has 11 heteroatoms. The van der Waals surface area contributed by atoms with Crippen molar-refractivity contribution in [3.8, 4) is 11.5 Å². The number of amides is 2. The third-order valence-corrected chi connectivity index (χ3v) is 8.64.